The van der Waals surface area contributed by atoms with Crippen molar-refractivity contribution in [1.82, 2.24) is 0 Å². The number of hydrogen-bond acceptors (Lipinski definition) is 1. The molecule has 5 heteroatoms. The van der Waals surface area contributed by atoms with Gasteiger partial charge in [-0.1, -0.05) is 23.2 Å². The predicted molar refractivity (Wildman–Crippen MR) is 81.2 cm³/mol. The molecule has 0 radical (unpaired) electrons. The van der Waals surface area contributed by atoms with E-state index in [-0.39, 0.29) is 11.9 Å². The molecule has 0 aliphatic rings. The highest BCUT2D eigenvalue weighted by atomic mass is 35.5. The molecule has 20 heavy (non-hydrogen) atoms. The summed E-state index contributed by atoms with van der Waals surface area (Å²) < 4.78 is 1.84. The van der Waals surface area contributed by atoms with Crippen LogP contribution in [-0.2, 0) is 4.79 Å². The average Bonchev–Trinajstić information content (AvgIpc) is 2.42. The van der Waals surface area contributed by atoms with Crippen molar-refractivity contribution in [3.63, 3.8) is 0 Å². The fraction of sp³-hybridized carbons (Fsp3) is 0.200. The number of rotatable bonds is 3. The normalized spacial score (nSPS) is 12.0. The van der Waals surface area contributed by atoms with Crippen LogP contribution in [0.25, 0.3) is 0 Å². The predicted octanol–water partition coefficient (Wildman–Crippen LogP) is 3.79. The Balaban J connectivity index is 2.13. The van der Waals surface area contributed by atoms with E-state index in [1.807, 2.05) is 42.9 Å². The van der Waals surface area contributed by atoms with Gasteiger partial charge in [-0.15, -0.1) is 0 Å². The number of pyridine rings is 1. The Morgan fingerprint density at radius 3 is 2.45 bits per heavy atom. The molecule has 1 amide bonds. The van der Waals surface area contributed by atoms with Gasteiger partial charge in [0.1, 0.15) is 0 Å². The highest BCUT2D eigenvalue weighted by molar-refractivity contribution is 6.36. The van der Waals surface area contributed by atoms with E-state index >= 15 is 0 Å². The Labute approximate surface area is 128 Å². The summed E-state index contributed by atoms with van der Waals surface area (Å²) in [6.45, 7) is 3.83. The van der Waals surface area contributed by atoms with Crippen LogP contribution in [0, 0.1) is 6.92 Å². The van der Waals surface area contributed by atoms with Gasteiger partial charge in [0.05, 0.1) is 10.7 Å². The summed E-state index contributed by atoms with van der Waals surface area (Å²) in [6.07, 6.45) is 3.76. The molecule has 1 aromatic carbocycles. The number of nitrogens with one attached hydrogen (secondary N) is 1. The first-order chi connectivity index (χ1) is 9.47. The number of amides is 1. The van der Waals surface area contributed by atoms with E-state index in [2.05, 4.69) is 5.32 Å². The first kappa shape index (κ1) is 14.8. The Kier molecular flexibility index (Phi) is 4.63. The van der Waals surface area contributed by atoms with Crippen molar-refractivity contribution in [3.05, 3.63) is 58.3 Å². The van der Waals surface area contributed by atoms with Crippen molar-refractivity contribution in [1.29, 1.82) is 0 Å². The van der Waals surface area contributed by atoms with Crippen LogP contribution >= 0.6 is 23.2 Å². The average molecular weight is 310 g/mol. The van der Waals surface area contributed by atoms with Crippen LogP contribution < -0.4 is 9.88 Å². The van der Waals surface area contributed by atoms with E-state index in [4.69, 9.17) is 23.2 Å². The van der Waals surface area contributed by atoms with Crippen molar-refractivity contribution in [2.75, 3.05) is 5.32 Å². The number of carbonyl (C=O) groups excluding carboxylic acids is 1. The van der Waals surface area contributed by atoms with Gasteiger partial charge in [0, 0.05) is 24.1 Å². The summed E-state index contributed by atoms with van der Waals surface area (Å²) in [5, 5.41) is 3.76. The molecule has 2 aromatic rings. The molecule has 0 spiro atoms. The molecule has 2 rings (SSSR count). The highest BCUT2D eigenvalue weighted by Gasteiger charge is 2.22. The molecular formula is C15H15Cl2N2O+. The van der Waals surface area contributed by atoms with Gasteiger partial charge in [-0.25, -0.2) is 0 Å². The lowest BCUT2D eigenvalue weighted by molar-refractivity contribution is -0.705. The number of halogens is 2. The molecule has 0 aliphatic heterocycles. The number of carbonyl (C=O) groups is 1. The van der Waals surface area contributed by atoms with Crippen LogP contribution in [-0.4, -0.2) is 5.91 Å². The fourth-order valence-electron chi connectivity index (χ4n) is 1.73. The fourth-order valence-corrected chi connectivity index (χ4v) is 2.19. The molecule has 1 heterocycles. The maximum atomic E-state index is 12.2. The molecule has 1 N–H and O–H groups in total. The number of hydrogen-bond donors (Lipinski definition) is 1. The number of anilines is 1. The van der Waals surface area contributed by atoms with Crippen LogP contribution in [0.15, 0.2) is 42.7 Å². The maximum Gasteiger partial charge on any atom is 0.293 e. The molecule has 1 atom stereocenters. The van der Waals surface area contributed by atoms with Gasteiger partial charge in [-0.2, -0.15) is 4.57 Å². The highest BCUT2D eigenvalue weighted by Crippen LogP contribution is 2.25. The second-order valence-electron chi connectivity index (χ2n) is 4.61. The zero-order chi connectivity index (χ0) is 14.7. The Hall–Kier alpha value is -1.58. The zero-order valence-electron chi connectivity index (χ0n) is 11.2. The smallest absolute Gasteiger partial charge is 0.293 e. The zero-order valence-corrected chi connectivity index (χ0v) is 12.7. The lowest BCUT2D eigenvalue weighted by Gasteiger charge is -2.10. The van der Waals surface area contributed by atoms with E-state index in [9.17, 15) is 4.79 Å². The molecule has 0 aliphatic carbocycles. The van der Waals surface area contributed by atoms with Gasteiger partial charge in [0.25, 0.3) is 5.91 Å². The summed E-state index contributed by atoms with van der Waals surface area (Å²) in [5.41, 5.74) is 1.70. The number of benzene rings is 1. The quantitative estimate of drug-likeness (QED) is 0.860. The van der Waals surface area contributed by atoms with Crippen LogP contribution in [0.2, 0.25) is 10.0 Å². The first-order valence-corrected chi connectivity index (χ1v) is 6.96. The summed E-state index contributed by atoms with van der Waals surface area (Å²) in [7, 11) is 0. The number of aryl methyl sites for hydroxylation is 1. The third kappa shape index (κ3) is 3.50. The minimum absolute atomic E-state index is 0.136. The van der Waals surface area contributed by atoms with Crippen molar-refractivity contribution >= 4 is 34.8 Å². The standard InChI is InChI=1S/C15H14Cl2N2O/c1-10-5-7-19(8-6-10)11(2)15(20)18-14-4-3-12(16)9-13(14)17/h3-9,11H,1-2H3/p+1/t11-/m1/s1. The van der Waals surface area contributed by atoms with E-state index < -0.39 is 0 Å². The van der Waals surface area contributed by atoms with Gasteiger partial charge in [0.2, 0.25) is 6.04 Å². The molecule has 0 bridgehead atoms. The third-order valence-corrected chi connectivity index (χ3v) is 3.58. The van der Waals surface area contributed by atoms with E-state index in [1.54, 1.807) is 18.2 Å². The summed E-state index contributed by atoms with van der Waals surface area (Å²) in [4.78, 5) is 12.2. The molecule has 1 aromatic heterocycles. The van der Waals surface area contributed by atoms with Crippen LogP contribution in [0.4, 0.5) is 5.69 Å². The van der Waals surface area contributed by atoms with E-state index in [1.165, 1.54) is 0 Å². The first-order valence-electron chi connectivity index (χ1n) is 6.20. The summed E-state index contributed by atoms with van der Waals surface area (Å²) >= 11 is 11.9. The van der Waals surface area contributed by atoms with Gasteiger partial charge < -0.3 is 5.32 Å². The third-order valence-electron chi connectivity index (χ3n) is 3.03. The maximum absolute atomic E-state index is 12.2. The van der Waals surface area contributed by atoms with Crippen molar-refractivity contribution in [3.8, 4) is 0 Å². The molecular weight excluding hydrogens is 295 g/mol. The van der Waals surface area contributed by atoms with Crippen molar-refractivity contribution in [2.45, 2.75) is 19.9 Å². The van der Waals surface area contributed by atoms with Crippen LogP contribution in [0.1, 0.15) is 18.5 Å². The van der Waals surface area contributed by atoms with Gasteiger partial charge in [-0.3, -0.25) is 4.79 Å². The largest absolute Gasteiger partial charge is 0.319 e. The van der Waals surface area contributed by atoms with Crippen molar-refractivity contribution < 1.29 is 9.36 Å². The van der Waals surface area contributed by atoms with E-state index in [0.717, 1.165) is 5.56 Å². The molecule has 104 valence electrons. The second kappa shape index (κ2) is 6.25. The molecule has 0 fully saturated rings. The number of aromatic nitrogens is 1. The minimum atomic E-state index is -0.331. The van der Waals surface area contributed by atoms with Crippen LogP contribution in [0.5, 0.6) is 0 Å². The summed E-state index contributed by atoms with van der Waals surface area (Å²) in [5.74, 6) is -0.136. The second-order valence-corrected chi connectivity index (χ2v) is 5.46. The van der Waals surface area contributed by atoms with Gasteiger partial charge >= 0.3 is 0 Å². The van der Waals surface area contributed by atoms with Crippen LogP contribution in [0.3, 0.4) is 0 Å². The Morgan fingerprint density at radius 1 is 1.20 bits per heavy atom. The SMILES string of the molecule is Cc1cc[n+]([C@H](C)C(=O)Nc2ccc(Cl)cc2Cl)cc1. The topological polar surface area (TPSA) is 33.0 Å². The van der Waals surface area contributed by atoms with Crippen molar-refractivity contribution in [2.24, 2.45) is 0 Å². The lowest BCUT2D eigenvalue weighted by atomic mass is 10.2. The van der Waals surface area contributed by atoms with E-state index in [0.29, 0.717) is 15.7 Å². The molecule has 0 saturated carbocycles. The monoisotopic (exact) mass is 309 g/mol. The molecule has 0 unspecified atom stereocenters. The van der Waals surface area contributed by atoms with Gasteiger partial charge in [-0.05, 0) is 30.7 Å². The Morgan fingerprint density at radius 2 is 1.85 bits per heavy atom. The van der Waals surface area contributed by atoms with Gasteiger partial charge in [0.15, 0.2) is 12.4 Å². The lowest BCUT2D eigenvalue weighted by Crippen LogP contribution is -2.44. The Bertz CT molecular complexity index is 626. The minimum Gasteiger partial charge on any atom is -0.319 e. The molecule has 3 nitrogen and oxygen atoms in total. The summed E-state index contributed by atoms with van der Waals surface area (Å²) in [6, 6.07) is 8.56. The molecule has 0 saturated heterocycles. The number of nitrogens with zero attached hydrogens (tertiary/aromatic N) is 1.